The third-order valence-electron chi connectivity index (χ3n) is 2.83. The monoisotopic (exact) mass is 165 g/mol. The highest BCUT2D eigenvalue weighted by atomic mass is 19.4. The van der Waals surface area contributed by atoms with Crippen molar-refractivity contribution in [3.05, 3.63) is 0 Å². The Balaban J connectivity index is 2.04. The Morgan fingerprint density at radius 2 is 2.00 bits per heavy atom. The van der Waals surface area contributed by atoms with E-state index in [4.69, 9.17) is 0 Å². The normalized spacial score (nSPS) is 44.2. The van der Waals surface area contributed by atoms with Gasteiger partial charge in [-0.3, -0.25) is 0 Å². The third kappa shape index (κ3) is 0.956. The molecule has 2 aliphatic rings. The molecular weight excluding hydrogens is 155 g/mol. The van der Waals surface area contributed by atoms with Gasteiger partial charge in [0.2, 0.25) is 0 Å². The van der Waals surface area contributed by atoms with E-state index in [1.54, 1.807) is 7.05 Å². The first kappa shape index (κ1) is 7.40. The summed E-state index contributed by atoms with van der Waals surface area (Å²) in [5.41, 5.74) is 0. The van der Waals surface area contributed by atoms with E-state index in [2.05, 4.69) is 0 Å². The fourth-order valence-electron chi connectivity index (χ4n) is 2.25. The zero-order chi connectivity index (χ0) is 8.22. The van der Waals surface area contributed by atoms with Gasteiger partial charge in [-0.2, -0.15) is 13.2 Å². The molecule has 2 fully saturated rings. The van der Waals surface area contributed by atoms with E-state index in [1.165, 1.54) is 0 Å². The van der Waals surface area contributed by atoms with Crippen molar-refractivity contribution in [3.63, 3.8) is 0 Å². The maximum absolute atomic E-state index is 12.1. The van der Waals surface area contributed by atoms with Gasteiger partial charge >= 0.3 is 6.18 Å². The van der Waals surface area contributed by atoms with Gasteiger partial charge in [-0.15, -0.1) is 0 Å². The summed E-state index contributed by atoms with van der Waals surface area (Å²) in [7, 11) is 1.77. The molecule has 11 heavy (non-hydrogen) atoms. The highest BCUT2D eigenvalue weighted by Crippen LogP contribution is 2.57. The molecule has 64 valence electrons. The molecule has 0 aromatic carbocycles. The van der Waals surface area contributed by atoms with Gasteiger partial charge in [0.1, 0.15) is 0 Å². The largest absolute Gasteiger partial charge is 0.393 e. The summed E-state index contributed by atoms with van der Waals surface area (Å²) >= 11 is 0. The molecule has 1 unspecified atom stereocenters. The Morgan fingerprint density at radius 3 is 2.27 bits per heavy atom. The average Bonchev–Trinajstić information content (AvgIpc) is 2.47. The Bertz CT molecular complexity index is 177. The van der Waals surface area contributed by atoms with Gasteiger partial charge in [0.05, 0.1) is 5.92 Å². The molecule has 1 aliphatic heterocycles. The number of hydrogen-bond acceptors (Lipinski definition) is 1. The lowest BCUT2D eigenvalue weighted by Gasteiger charge is -2.14. The fraction of sp³-hybridized carbons (Fsp3) is 1.00. The molecular formula is C7H10F3N. The second-order valence-electron chi connectivity index (χ2n) is 3.49. The third-order valence-corrected chi connectivity index (χ3v) is 2.83. The van der Waals surface area contributed by atoms with Crippen LogP contribution in [0.5, 0.6) is 0 Å². The van der Waals surface area contributed by atoms with Gasteiger partial charge in [0.15, 0.2) is 0 Å². The molecule has 0 spiro atoms. The van der Waals surface area contributed by atoms with E-state index in [0.717, 1.165) is 13.0 Å². The van der Waals surface area contributed by atoms with Crippen LogP contribution < -0.4 is 0 Å². The van der Waals surface area contributed by atoms with Crippen molar-refractivity contribution in [3.8, 4) is 0 Å². The topological polar surface area (TPSA) is 3.24 Å². The summed E-state index contributed by atoms with van der Waals surface area (Å²) in [5.74, 6) is -1.10. The molecule has 1 heterocycles. The quantitative estimate of drug-likeness (QED) is 0.525. The zero-order valence-electron chi connectivity index (χ0n) is 6.23. The highest BCUT2D eigenvalue weighted by Gasteiger charge is 2.67. The summed E-state index contributed by atoms with van der Waals surface area (Å²) in [6.07, 6.45) is -3.23. The number of fused-ring (bicyclic) bond motifs is 1. The first-order valence-electron chi connectivity index (χ1n) is 3.79. The van der Waals surface area contributed by atoms with E-state index in [1.807, 2.05) is 4.90 Å². The Labute approximate surface area is 63.2 Å². The van der Waals surface area contributed by atoms with Crippen LogP contribution in [0.2, 0.25) is 0 Å². The van der Waals surface area contributed by atoms with Crippen LogP contribution in [0.3, 0.4) is 0 Å². The Hall–Kier alpha value is -0.250. The standard InChI is InChI=1S/C7H10F3N/c1-11-3-2-4-5(6(4)11)7(8,9)10/h4-6H,2-3H2,1H3/t4-,5?,6-/m1/s1. The van der Waals surface area contributed by atoms with E-state index in [0.29, 0.717) is 0 Å². The second kappa shape index (κ2) is 1.91. The Kier molecular flexibility index (Phi) is 1.29. The molecule has 1 nitrogen and oxygen atoms in total. The number of hydrogen-bond donors (Lipinski definition) is 0. The molecule has 0 radical (unpaired) electrons. The minimum Gasteiger partial charge on any atom is -0.302 e. The number of alkyl halides is 3. The van der Waals surface area contributed by atoms with E-state index >= 15 is 0 Å². The van der Waals surface area contributed by atoms with Crippen LogP contribution in [0.1, 0.15) is 6.42 Å². The zero-order valence-corrected chi connectivity index (χ0v) is 6.23. The maximum atomic E-state index is 12.1. The van der Waals surface area contributed by atoms with Gasteiger partial charge in [0, 0.05) is 6.04 Å². The molecule has 0 amide bonds. The molecule has 4 heteroatoms. The van der Waals surface area contributed by atoms with Crippen LogP contribution in [-0.4, -0.2) is 30.7 Å². The molecule has 0 N–H and O–H groups in total. The van der Waals surface area contributed by atoms with Crippen molar-refractivity contribution >= 4 is 0 Å². The predicted octanol–water partition coefficient (Wildman–Crippen LogP) is 1.50. The first-order chi connectivity index (χ1) is 5.02. The number of halogens is 3. The van der Waals surface area contributed by atoms with E-state index < -0.39 is 12.1 Å². The minimum absolute atomic E-state index is 0.0833. The summed E-state index contributed by atoms with van der Waals surface area (Å²) in [6.45, 7) is 0.835. The van der Waals surface area contributed by atoms with Crippen molar-refractivity contribution < 1.29 is 13.2 Å². The average molecular weight is 165 g/mol. The van der Waals surface area contributed by atoms with Crippen LogP contribution in [0.4, 0.5) is 13.2 Å². The smallest absolute Gasteiger partial charge is 0.302 e. The highest BCUT2D eigenvalue weighted by molar-refractivity contribution is 5.10. The lowest BCUT2D eigenvalue weighted by molar-refractivity contribution is -0.156. The van der Waals surface area contributed by atoms with Gasteiger partial charge in [-0.05, 0) is 25.9 Å². The summed E-state index contributed by atoms with van der Waals surface area (Å²) in [4.78, 5) is 1.82. The van der Waals surface area contributed by atoms with Crippen LogP contribution in [-0.2, 0) is 0 Å². The van der Waals surface area contributed by atoms with Gasteiger partial charge in [-0.1, -0.05) is 0 Å². The molecule has 2 rings (SSSR count). The maximum Gasteiger partial charge on any atom is 0.393 e. The van der Waals surface area contributed by atoms with Crippen LogP contribution in [0.25, 0.3) is 0 Å². The van der Waals surface area contributed by atoms with E-state index in [9.17, 15) is 13.2 Å². The lowest BCUT2D eigenvalue weighted by atomic mass is 10.2. The van der Waals surface area contributed by atoms with Gasteiger partial charge in [0.25, 0.3) is 0 Å². The second-order valence-corrected chi connectivity index (χ2v) is 3.49. The molecule has 1 saturated heterocycles. The van der Waals surface area contributed by atoms with Crippen LogP contribution >= 0.6 is 0 Å². The van der Waals surface area contributed by atoms with Crippen molar-refractivity contribution in [2.45, 2.75) is 18.6 Å². The molecule has 0 bridgehead atoms. The van der Waals surface area contributed by atoms with E-state index in [-0.39, 0.29) is 12.0 Å². The number of piperidine rings is 1. The van der Waals surface area contributed by atoms with Crippen LogP contribution in [0, 0.1) is 11.8 Å². The molecule has 0 aromatic heterocycles. The van der Waals surface area contributed by atoms with Crippen molar-refractivity contribution in [2.75, 3.05) is 13.6 Å². The van der Waals surface area contributed by atoms with Gasteiger partial charge < -0.3 is 4.90 Å². The number of nitrogens with zero attached hydrogens (tertiary/aromatic N) is 1. The van der Waals surface area contributed by atoms with Gasteiger partial charge in [-0.25, -0.2) is 0 Å². The molecule has 3 atom stereocenters. The lowest BCUT2D eigenvalue weighted by Crippen LogP contribution is -2.26. The number of rotatable bonds is 0. The predicted molar refractivity (Wildman–Crippen MR) is 34.1 cm³/mol. The molecule has 1 saturated carbocycles. The summed E-state index contributed by atoms with van der Waals surface area (Å²) in [6, 6.07) is -0.185. The molecule has 1 aliphatic carbocycles. The minimum atomic E-state index is -3.95. The summed E-state index contributed by atoms with van der Waals surface area (Å²) < 4.78 is 36.3. The molecule has 0 aromatic rings. The van der Waals surface area contributed by atoms with Crippen molar-refractivity contribution in [1.29, 1.82) is 0 Å². The number of likely N-dealkylation sites (tertiary alicyclic amines) is 1. The summed E-state index contributed by atoms with van der Waals surface area (Å²) in [5, 5.41) is 0. The van der Waals surface area contributed by atoms with Crippen molar-refractivity contribution in [2.24, 2.45) is 11.8 Å². The van der Waals surface area contributed by atoms with Crippen LogP contribution in [0.15, 0.2) is 0 Å². The fourth-order valence-corrected chi connectivity index (χ4v) is 2.25. The van der Waals surface area contributed by atoms with Crippen molar-refractivity contribution in [1.82, 2.24) is 4.90 Å². The SMILES string of the molecule is CN1CC[C@@H]2C(C(F)(F)F)[C@@H]21. The Morgan fingerprint density at radius 1 is 1.36 bits per heavy atom. The first-order valence-corrected chi connectivity index (χ1v) is 3.79.